The average molecular weight is 309 g/mol. The Balaban J connectivity index is 4.52. The van der Waals surface area contributed by atoms with Crippen molar-refractivity contribution in [3.63, 3.8) is 0 Å². The Morgan fingerprint density at radius 2 is 1.85 bits per heavy atom. The second-order valence-electron chi connectivity index (χ2n) is 4.61. The highest BCUT2D eigenvalue weighted by atomic mass is 32.2. The Labute approximate surface area is 119 Å². The predicted molar refractivity (Wildman–Crippen MR) is 75.0 cm³/mol. The van der Waals surface area contributed by atoms with E-state index in [2.05, 4.69) is 5.32 Å². The van der Waals surface area contributed by atoms with E-state index in [1.807, 2.05) is 6.92 Å². The number of nitrogens with zero attached hydrogens (tertiary/aromatic N) is 2. The molecule has 1 atom stereocenters. The van der Waals surface area contributed by atoms with Crippen molar-refractivity contribution in [1.29, 1.82) is 0 Å². The first-order chi connectivity index (χ1) is 9.11. The quantitative estimate of drug-likeness (QED) is 0.644. The number of carboxylic acids is 1. The highest BCUT2D eigenvalue weighted by Gasteiger charge is 2.22. The van der Waals surface area contributed by atoms with Crippen molar-refractivity contribution in [1.82, 2.24) is 14.5 Å². The third kappa shape index (κ3) is 6.20. The van der Waals surface area contributed by atoms with Crippen molar-refractivity contribution in [3.05, 3.63) is 0 Å². The fourth-order valence-electron chi connectivity index (χ4n) is 1.36. The number of carbonyl (C=O) groups excluding carboxylic acids is 1. The number of nitrogens with one attached hydrogen (secondary N) is 1. The Hall–Kier alpha value is -1.35. The molecule has 0 rings (SSSR count). The SMILES string of the molecule is CCC(C)N(CC(=O)O)C(=O)NCCS(=O)(=O)N(C)C. The van der Waals surface area contributed by atoms with Crippen molar-refractivity contribution < 1.29 is 23.1 Å². The third-order valence-corrected chi connectivity index (χ3v) is 4.71. The summed E-state index contributed by atoms with van der Waals surface area (Å²) in [4.78, 5) is 23.8. The van der Waals surface area contributed by atoms with Gasteiger partial charge in [0.1, 0.15) is 6.54 Å². The molecule has 0 saturated heterocycles. The number of carboxylic acid groups (broad SMARTS) is 1. The molecule has 0 aliphatic carbocycles. The second-order valence-corrected chi connectivity index (χ2v) is 6.91. The van der Waals surface area contributed by atoms with Crippen LogP contribution in [0.2, 0.25) is 0 Å². The molecule has 0 saturated carbocycles. The Kier molecular flexibility index (Phi) is 7.51. The number of amides is 2. The lowest BCUT2D eigenvalue weighted by Crippen LogP contribution is -2.48. The summed E-state index contributed by atoms with van der Waals surface area (Å²) in [5, 5.41) is 11.2. The monoisotopic (exact) mass is 309 g/mol. The molecular formula is C11H23N3O5S. The van der Waals surface area contributed by atoms with E-state index in [0.717, 1.165) is 4.31 Å². The van der Waals surface area contributed by atoms with Gasteiger partial charge in [-0.3, -0.25) is 4.79 Å². The van der Waals surface area contributed by atoms with Crippen molar-refractivity contribution >= 4 is 22.0 Å². The maximum atomic E-state index is 11.9. The van der Waals surface area contributed by atoms with Crippen molar-refractivity contribution in [2.75, 3.05) is 32.9 Å². The molecule has 2 N–H and O–H groups in total. The van der Waals surface area contributed by atoms with E-state index in [9.17, 15) is 18.0 Å². The van der Waals surface area contributed by atoms with Gasteiger partial charge in [-0.25, -0.2) is 17.5 Å². The highest BCUT2D eigenvalue weighted by Crippen LogP contribution is 2.03. The summed E-state index contributed by atoms with van der Waals surface area (Å²) in [7, 11) is -0.565. The maximum Gasteiger partial charge on any atom is 0.323 e. The van der Waals surface area contributed by atoms with Crippen LogP contribution in [-0.4, -0.2) is 73.7 Å². The van der Waals surface area contributed by atoms with Gasteiger partial charge in [0.05, 0.1) is 5.75 Å². The fourth-order valence-corrected chi connectivity index (χ4v) is 2.09. The van der Waals surface area contributed by atoms with Crippen LogP contribution in [0.25, 0.3) is 0 Å². The largest absolute Gasteiger partial charge is 0.480 e. The van der Waals surface area contributed by atoms with Crippen LogP contribution in [0.15, 0.2) is 0 Å². The minimum absolute atomic E-state index is 0.0636. The molecule has 0 aromatic carbocycles. The number of sulfonamides is 1. The zero-order chi connectivity index (χ0) is 15.9. The van der Waals surface area contributed by atoms with Gasteiger partial charge in [-0.15, -0.1) is 0 Å². The molecule has 0 bridgehead atoms. The maximum absolute atomic E-state index is 11.9. The second kappa shape index (κ2) is 8.05. The molecule has 2 amide bonds. The molecule has 0 spiro atoms. The predicted octanol–water partition coefficient (Wildman–Crippen LogP) is -0.227. The molecule has 20 heavy (non-hydrogen) atoms. The number of rotatable bonds is 8. The van der Waals surface area contributed by atoms with Crippen molar-refractivity contribution in [2.45, 2.75) is 26.3 Å². The van der Waals surface area contributed by atoms with E-state index in [4.69, 9.17) is 5.11 Å². The Morgan fingerprint density at radius 1 is 1.30 bits per heavy atom. The van der Waals surface area contributed by atoms with Gasteiger partial charge in [0.2, 0.25) is 10.0 Å². The van der Waals surface area contributed by atoms with Gasteiger partial charge in [0, 0.05) is 26.7 Å². The molecule has 0 fully saturated rings. The molecule has 1 unspecified atom stereocenters. The van der Waals surface area contributed by atoms with Crippen molar-refractivity contribution in [3.8, 4) is 0 Å². The number of carbonyl (C=O) groups is 2. The van der Waals surface area contributed by atoms with Crippen molar-refractivity contribution in [2.24, 2.45) is 0 Å². The molecular weight excluding hydrogens is 286 g/mol. The van der Waals surface area contributed by atoms with E-state index in [0.29, 0.717) is 6.42 Å². The average Bonchev–Trinajstić information content (AvgIpc) is 2.34. The van der Waals surface area contributed by atoms with E-state index >= 15 is 0 Å². The van der Waals surface area contributed by atoms with Gasteiger partial charge < -0.3 is 15.3 Å². The van der Waals surface area contributed by atoms with E-state index in [1.165, 1.54) is 19.0 Å². The third-order valence-electron chi connectivity index (χ3n) is 2.88. The Bertz CT molecular complexity index is 435. The molecule has 0 radical (unpaired) electrons. The van der Waals surface area contributed by atoms with Crippen LogP contribution in [-0.2, 0) is 14.8 Å². The fraction of sp³-hybridized carbons (Fsp3) is 0.818. The summed E-state index contributed by atoms with van der Waals surface area (Å²) in [5.41, 5.74) is 0. The summed E-state index contributed by atoms with van der Waals surface area (Å²) < 4.78 is 24.1. The first-order valence-electron chi connectivity index (χ1n) is 6.28. The zero-order valence-corrected chi connectivity index (χ0v) is 13.1. The lowest BCUT2D eigenvalue weighted by atomic mass is 10.2. The lowest BCUT2D eigenvalue weighted by molar-refractivity contribution is -0.138. The smallest absolute Gasteiger partial charge is 0.323 e. The molecule has 0 aliphatic heterocycles. The molecule has 0 aliphatic rings. The highest BCUT2D eigenvalue weighted by molar-refractivity contribution is 7.89. The van der Waals surface area contributed by atoms with Crippen LogP contribution in [0.4, 0.5) is 4.79 Å². The topological polar surface area (TPSA) is 107 Å². The Morgan fingerprint density at radius 3 is 2.25 bits per heavy atom. The van der Waals surface area contributed by atoms with Crippen LogP contribution in [0.3, 0.4) is 0 Å². The minimum Gasteiger partial charge on any atom is -0.480 e. The summed E-state index contributed by atoms with van der Waals surface area (Å²) >= 11 is 0. The number of hydrogen-bond acceptors (Lipinski definition) is 4. The molecule has 0 aromatic rings. The molecule has 0 heterocycles. The van der Waals surface area contributed by atoms with E-state index < -0.39 is 28.6 Å². The summed E-state index contributed by atoms with van der Waals surface area (Å²) in [5.74, 6) is -1.34. The van der Waals surface area contributed by atoms with Gasteiger partial charge >= 0.3 is 12.0 Å². The number of urea groups is 1. The van der Waals surface area contributed by atoms with E-state index in [1.54, 1.807) is 6.92 Å². The number of aliphatic carboxylic acids is 1. The van der Waals surface area contributed by atoms with Crippen LogP contribution >= 0.6 is 0 Å². The standard InChI is InChI=1S/C11H23N3O5S/c1-5-9(2)14(8-10(15)16)11(17)12-6-7-20(18,19)13(3)4/h9H,5-8H2,1-4H3,(H,12,17)(H,15,16). The molecule has 0 aromatic heterocycles. The molecule has 9 heteroatoms. The van der Waals surface area contributed by atoms with Crippen LogP contribution in [0.5, 0.6) is 0 Å². The first kappa shape index (κ1) is 18.7. The van der Waals surface area contributed by atoms with Gasteiger partial charge in [-0.1, -0.05) is 6.92 Å². The normalized spacial score (nSPS) is 13.1. The summed E-state index contributed by atoms with van der Waals surface area (Å²) in [6, 6.07) is -0.813. The molecule has 118 valence electrons. The van der Waals surface area contributed by atoms with Gasteiger partial charge in [0.15, 0.2) is 0 Å². The van der Waals surface area contributed by atoms with Crippen LogP contribution in [0, 0.1) is 0 Å². The number of hydrogen-bond donors (Lipinski definition) is 2. The minimum atomic E-state index is -3.38. The zero-order valence-electron chi connectivity index (χ0n) is 12.3. The molecule has 8 nitrogen and oxygen atoms in total. The summed E-state index contributed by atoms with van der Waals surface area (Å²) in [6.45, 7) is 3.09. The van der Waals surface area contributed by atoms with Gasteiger partial charge in [0.25, 0.3) is 0 Å². The van der Waals surface area contributed by atoms with Gasteiger partial charge in [-0.05, 0) is 13.3 Å². The first-order valence-corrected chi connectivity index (χ1v) is 7.89. The van der Waals surface area contributed by atoms with Gasteiger partial charge in [-0.2, -0.15) is 0 Å². The van der Waals surface area contributed by atoms with Crippen LogP contribution in [0.1, 0.15) is 20.3 Å². The summed E-state index contributed by atoms with van der Waals surface area (Å²) in [6.07, 6.45) is 0.608. The van der Waals surface area contributed by atoms with Crippen LogP contribution < -0.4 is 5.32 Å². The van der Waals surface area contributed by atoms with E-state index in [-0.39, 0.29) is 18.3 Å². The lowest BCUT2D eigenvalue weighted by Gasteiger charge is -2.27.